The van der Waals surface area contributed by atoms with E-state index < -0.39 is 5.97 Å². The maximum Gasteiger partial charge on any atom is 0.303 e. The van der Waals surface area contributed by atoms with Crippen molar-refractivity contribution in [1.29, 1.82) is 0 Å². The first kappa shape index (κ1) is 19.4. The van der Waals surface area contributed by atoms with Gasteiger partial charge in [-0.2, -0.15) is 0 Å². The van der Waals surface area contributed by atoms with Crippen molar-refractivity contribution in [3.8, 4) is 17.2 Å². The van der Waals surface area contributed by atoms with E-state index >= 15 is 0 Å². The highest BCUT2D eigenvalue weighted by molar-refractivity contribution is 6.08. The maximum absolute atomic E-state index is 11.9. The number of hydrogen-bond donors (Lipinski definition) is 1. The lowest BCUT2D eigenvalue weighted by molar-refractivity contribution is -0.136. The first-order valence-corrected chi connectivity index (χ1v) is 9.17. The predicted molar refractivity (Wildman–Crippen MR) is 108 cm³/mol. The van der Waals surface area contributed by atoms with Crippen LogP contribution in [-0.4, -0.2) is 23.5 Å². The number of rotatable bonds is 8. The van der Waals surface area contributed by atoms with Gasteiger partial charge in [0, 0.05) is 23.4 Å². The number of ether oxygens (including phenoxy) is 2. The van der Waals surface area contributed by atoms with Crippen LogP contribution in [0, 0.1) is 0 Å². The van der Waals surface area contributed by atoms with Crippen LogP contribution in [0.3, 0.4) is 0 Å². The average molecular weight is 378 g/mol. The molecule has 0 amide bonds. The highest BCUT2D eigenvalue weighted by atomic mass is 16.5. The van der Waals surface area contributed by atoms with E-state index in [0.717, 1.165) is 16.3 Å². The molecule has 0 aliphatic rings. The molecule has 0 atom stereocenters. The van der Waals surface area contributed by atoms with E-state index in [1.807, 2.05) is 37.3 Å². The molecule has 3 aromatic rings. The minimum absolute atomic E-state index is 0.00386. The number of fused-ring (bicyclic) bond motifs is 1. The Kier molecular flexibility index (Phi) is 5.94. The van der Waals surface area contributed by atoms with Crippen LogP contribution < -0.4 is 9.47 Å². The number of aryl methyl sites for hydroxylation is 1. The highest BCUT2D eigenvalue weighted by Gasteiger charge is 2.12. The molecule has 3 aromatic carbocycles. The van der Waals surface area contributed by atoms with Gasteiger partial charge in [-0.3, -0.25) is 9.59 Å². The van der Waals surface area contributed by atoms with Gasteiger partial charge in [0.25, 0.3) is 0 Å². The molecule has 0 bridgehead atoms. The van der Waals surface area contributed by atoms with Gasteiger partial charge < -0.3 is 14.6 Å². The van der Waals surface area contributed by atoms with Crippen molar-refractivity contribution in [3.63, 3.8) is 0 Å². The molecule has 1 N–H and O–H groups in total. The zero-order valence-electron chi connectivity index (χ0n) is 15.9. The Balaban J connectivity index is 1.95. The standard InChI is InChI=1S/C23H22O5/c1-3-27-22-14-17(10-8-16(22)9-13-23(25)26)28-21-12-11-18(15(2)24)19-6-4-5-7-20(19)21/h4-8,10-12,14H,3,9,13H2,1-2H3,(H,25,26). The molecule has 0 aromatic heterocycles. The molecular weight excluding hydrogens is 356 g/mol. The van der Waals surface area contributed by atoms with E-state index in [-0.39, 0.29) is 12.2 Å². The lowest BCUT2D eigenvalue weighted by Crippen LogP contribution is -2.01. The van der Waals surface area contributed by atoms with Crippen molar-refractivity contribution in [2.75, 3.05) is 6.61 Å². The van der Waals surface area contributed by atoms with Crippen LogP contribution >= 0.6 is 0 Å². The molecule has 144 valence electrons. The van der Waals surface area contributed by atoms with Gasteiger partial charge in [0.15, 0.2) is 5.78 Å². The second kappa shape index (κ2) is 8.57. The van der Waals surface area contributed by atoms with Gasteiger partial charge in [0.1, 0.15) is 17.2 Å². The molecule has 0 aliphatic heterocycles. The van der Waals surface area contributed by atoms with Crippen LogP contribution in [0.1, 0.15) is 36.2 Å². The van der Waals surface area contributed by atoms with Gasteiger partial charge in [0.2, 0.25) is 0 Å². The number of carboxylic acids is 1. The fraction of sp³-hybridized carbons (Fsp3) is 0.217. The lowest BCUT2D eigenvalue weighted by atomic mass is 10.0. The SMILES string of the molecule is CCOc1cc(Oc2ccc(C(C)=O)c3ccccc23)ccc1CCC(=O)O. The first-order chi connectivity index (χ1) is 13.5. The molecule has 3 rings (SSSR count). The Bertz CT molecular complexity index is 1020. The smallest absolute Gasteiger partial charge is 0.303 e. The minimum atomic E-state index is -0.847. The third-order valence-electron chi connectivity index (χ3n) is 4.44. The van der Waals surface area contributed by atoms with Gasteiger partial charge in [0.05, 0.1) is 6.61 Å². The largest absolute Gasteiger partial charge is 0.493 e. The summed E-state index contributed by atoms with van der Waals surface area (Å²) in [6, 6.07) is 16.6. The summed E-state index contributed by atoms with van der Waals surface area (Å²) >= 11 is 0. The van der Waals surface area contributed by atoms with Gasteiger partial charge in [-0.05, 0) is 49.4 Å². The summed E-state index contributed by atoms with van der Waals surface area (Å²) in [6.45, 7) is 3.90. The number of benzene rings is 3. The van der Waals surface area contributed by atoms with E-state index in [4.69, 9.17) is 14.6 Å². The van der Waals surface area contributed by atoms with Crippen molar-refractivity contribution in [2.24, 2.45) is 0 Å². The third kappa shape index (κ3) is 4.31. The summed E-state index contributed by atoms with van der Waals surface area (Å²) in [5.41, 5.74) is 1.48. The molecule has 0 unspecified atom stereocenters. The average Bonchev–Trinajstić information content (AvgIpc) is 2.67. The second-order valence-electron chi connectivity index (χ2n) is 6.41. The number of carbonyl (C=O) groups excluding carboxylic acids is 1. The number of ketones is 1. The zero-order chi connectivity index (χ0) is 20.1. The van der Waals surface area contributed by atoms with E-state index in [1.54, 1.807) is 31.2 Å². The molecule has 0 fully saturated rings. The highest BCUT2D eigenvalue weighted by Crippen LogP contribution is 2.34. The van der Waals surface area contributed by atoms with Gasteiger partial charge in [-0.25, -0.2) is 0 Å². The molecule has 0 saturated carbocycles. The molecule has 0 radical (unpaired) electrons. The van der Waals surface area contributed by atoms with Crippen LogP contribution in [-0.2, 0) is 11.2 Å². The Morgan fingerprint density at radius 3 is 2.39 bits per heavy atom. The first-order valence-electron chi connectivity index (χ1n) is 9.17. The Morgan fingerprint density at radius 1 is 0.964 bits per heavy atom. The van der Waals surface area contributed by atoms with Crippen LogP contribution in [0.2, 0.25) is 0 Å². The number of aliphatic carboxylic acids is 1. The predicted octanol–water partition coefficient (Wildman–Crippen LogP) is 5.25. The van der Waals surface area contributed by atoms with E-state index in [1.165, 1.54) is 0 Å². The van der Waals surface area contributed by atoms with Crippen LogP contribution in [0.4, 0.5) is 0 Å². The molecule has 28 heavy (non-hydrogen) atoms. The van der Waals surface area contributed by atoms with Crippen LogP contribution in [0.25, 0.3) is 10.8 Å². The molecular formula is C23H22O5. The quantitative estimate of drug-likeness (QED) is 0.542. The van der Waals surface area contributed by atoms with E-state index in [2.05, 4.69) is 0 Å². The molecule has 5 heteroatoms. The van der Waals surface area contributed by atoms with Crippen molar-refractivity contribution >= 4 is 22.5 Å². The summed E-state index contributed by atoms with van der Waals surface area (Å²) < 4.78 is 11.8. The summed E-state index contributed by atoms with van der Waals surface area (Å²) in [5, 5.41) is 10.6. The van der Waals surface area contributed by atoms with Gasteiger partial charge in [-0.15, -0.1) is 0 Å². The fourth-order valence-electron chi connectivity index (χ4n) is 3.13. The Labute approximate surface area is 163 Å². The van der Waals surface area contributed by atoms with Crippen molar-refractivity contribution in [1.82, 2.24) is 0 Å². The Hall–Kier alpha value is -3.34. The van der Waals surface area contributed by atoms with Crippen molar-refractivity contribution in [2.45, 2.75) is 26.7 Å². The normalized spacial score (nSPS) is 10.6. The topological polar surface area (TPSA) is 72.8 Å². The summed E-state index contributed by atoms with van der Waals surface area (Å²) in [7, 11) is 0. The van der Waals surface area contributed by atoms with Gasteiger partial charge in [-0.1, -0.05) is 30.3 Å². The molecule has 0 heterocycles. The lowest BCUT2D eigenvalue weighted by Gasteiger charge is -2.14. The van der Waals surface area contributed by atoms with Gasteiger partial charge >= 0.3 is 5.97 Å². The van der Waals surface area contributed by atoms with Crippen LogP contribution in [0.5, 0.6) is 17.2 Å². The zero-order valence-corrected chi connectivity index (χ0v) is 15.9. The molecule has 0 spiro atoms. The summed E-state index contributed by atoms with van der Waals surface area (Å²) in [6.07, 6.45) is 0.429. The van der Waals surface area contributed by atoms with E-state index in [0.29, 0.717) is 35.8 Å². The number of Topliss-reactive ketones (excluding diaryl/α,β-unsaturated/α-hetero) is 1. The number of hydrogen-bond acceptors (Lipinski definition) is 4. The summed E-state index contributed by atoms with van der Waals surface area (Å²) in [5.74, 6) is 1.000. The maximum atomic E-state index is 11.9. The van der Waals surface area contributed by atoms with Crippen molar-refractivity contribution < 1.29 is 24.2 Å². The molecule has 0 saturated heterocycles. The minimum Gasteiger partial charge on any atom is -0.493 e. The Morgan fingerprint density at radius 2 is 1.71 bits per heavy atom. The number of carbonyl (C=O) groups is 2. The molecule has 5 nitrogen and oxygen atoms in total. The van der Waals surface area contributed by atoms with Crippen LogP contribution in [0.15, 0.2) is 54.6 Å². The van der Waals surface area contributed by atoms with E-state index in [9.17, 15) is 9.59 Å². The third-order valence-corrected chi connectivity index (χ3v) is 4.44. The summed E-state index contributed by atoms with van der Waals surface area (Å²) in [4.78, 5) is 22.8. The molecule has 0 aliphatic carbocycles. The monoisotopic (exact) mass is 378 g/mol. The fourth-order valence-corrected chi connectivity index (χ4v) is 3.13. The van der Waals surface area contributed by atoms with Crippen molar-refractivity contribution in [3.05, 3.63) is 65.7 Å². The second-order valence-corrected chi connectivity index (χ2v) is 6.41. The number of carboxylic acid groups (broad SMARTS) is 1.